The molecule has 3 nitrogen and oxygen atoms in total. The normalized spacial score (nSPS) is 20.4. The number of likely N-dealkylation sites (tertiary alicyclic amines) is 1. The quantitative estimate of drug-likeness (QED) is 0.876. The second-order valence-corrected chi connectivity index (χ2v) is 5.81. The lowest BCUT2D eigenvalue weighted by molar-refractivity contribution is 0.177. The number of hydrogen-bond donors (Lipinski definition) is 1. The summed E-state index contributed by atoms with van der Waals surface area (Å²) in [6, 6.07) is 7.30. The Labute approximate surface area is 116 Å². The largest absolute Gasteiger partial charge is 0.395 e. The first-order chi connectivity index (χ1) is 9.10. The molecule has 0 aromatic heterocycles. The lowest BCUT2D eigenvalue weighted by Crippen LogP contribution is -2.36. The van der Waals surface area contributed by atoms with Gasteiger partial charge in [0.1, 0.15) is 0 Å². The number of aliphatic hydroxyl groups excluding tert-OH is 1. The van der Waals surface area contributed by atoms with Crippen LogP contribution in [0.2, 0.25) is 0 Å². The van der Waals surface area contributed by atoms with E-state index in [2.05, 4.69) is 48.9 Å². The predicted octanol–water partition coefficient (Wildman–Crippen LogP) is 1.80. The molecule has 3 heteroatoms. The van der Waals surface area contributed by atoms with Gasteiger partial charge in [-0.1, -0.05) is 23.8 Å². The molecule has 2 rings (SSSR count). The summed E-state index contributed by atoms with van der Waals surface area (Å²) in [4.78, 5) is 4.81. The summed E-state index contributed by atoms with van der Waals surface area (Å²) in [6.07, 6.45) is 1.21. The van der Waals surface area contributed by atoms with Gasteiger partial charge in [-0.3, -0.25) is 9.80 Å². The molecule has 1 fully saturated rings. The highest BCUT2D eigenvalue weighted by atomic mass is 16.3. The van der Waals surface area contributed by atoms with E-state index in [1.54, 1.807) is 0 Å². The maximum absolute atomic E-state index is 9.01. The lowest BCUT2D eigenvalue weighted by atomic mass is 10.1. The second kappa shape index (κ2) is 6.51. The summed E-state index contributed by atoms with van der Waals surface area (Å²) in [5.41, 5.74) is 4.18. The summed E-state index contributed by atoms with van der Waals surface area (Å²) in [5.74, 6) is 0. The highest BCUT2D eigenvalue weighted by Gasteiger charge is 2.25. The molecule has 1 aromatic rings. The third-order valence-electron chi connectivity index (χ3n) is 4.22. The van der Waals surface area contributed by atoms with Crippen LogP contribution >= 0.6 is 0 Å². The molecule has 1 aliphatic rings. The molecule has 1 heterocycles. The van der Waals surface area contributed by atoms with Gasteiger partial charge in [0, 0.05) is 32.2 Å². The van der Waals surface area contributed by atoms with Gasteiger partial charge in [0.05, 0.1) is 6.61 Å². The number of likely N-dealkylation sites (N-methyl/N-ethyl adjacent to an activating group) is 1. The highest BCUT2D eigenvalue weighted by molar-refractivity contribution is 5.30. The predicted molar refractivity (Wildman–Crippen MR) is 79.3 cm³/mol. The van der Waals surface area contributed by atoms with Crippen molar-refractivity contribution >= 4 is 0 Å². The Kier molecular flexibility index (Phi) is 4.97. The fourth-order valence-electron chi connectivity index (χ4n) is 2.87. The number of benzene rings is 1. The van der Waals surface area contributed by atoms with Crippen LogP contribution < -0.4 is 0 Å². The van der Waals surface area contributed by atoms with E-state index in [9.17, 15) is 0 Å². The molecule has 1 aliphatic heterocycles. The number of nitrogens with zero attached hydrogens (tertiary/aromatic N) is 2. The molecule has 1 saturated heterocycles. The molecule has 19 heavy (non-hydrogen) atoms. The highest BCUT2D eigenvalue weighted by Crippen LogP contribution is 2.19. The van der Waals surface area contributed by atoms with Crippen molar-refractivity contribution in [3.05, 3.63) is 34.9 Å². The first kappa shape index (κ1) is 14.5. The molecule has 106 valence electrons. The molecule has 1 aromatic carbocycles. The molecule has 0 amide bonds. The summed E-state index contributed by atoms with van der Waals surface area (Å²) >= 11 is 0. The van der Waals surface area contributed by atoms with Gasteiger partial charge in [-0.25, -0.2) is 0 Å². The monoisotopic (exact) mass is 262 g/mol. The SMILES string of the molecule is Cc1ccc(C)c(CN2CCC(N(C)CCO)C2)c1. The van der Waals surface area contributed by atoms with Gasteiger partial charge in [0.2, 0.25) is 0 Å². The Hall–Kier alpha value is -0.900. The van der Waals surface area contributed by atoms with E-state index in [4.69, 9.17) is 5.11 Å². The van der Waals surface area contributed by atoms with Gasteiger partial charge in [-0.15, -0.1) is 0 Å². The number of rotatable bonds is 5. The maximum Gasteiger partial charge on any atom is 0.0558 e. The maximum atomic E-state index is 9.01. The Balaban J connectivity index is 1.93. The summed E-state index contributed by atoms with van der Waals surface area (Å²) in [6.45, 7) is 8.71. The zero-order valence-corrected chi connectivity index (χ0v) is 12.4. The molecule has 1 N–H and O–H groups in total. The minimum absolute atomic E-state index is 0.254. The average Bonchev–Trinajstić information content (AvgIpc) is 2.83. The van der Waals surface area contributed by atoms with Crippen molar-refractivity contribution in [3.63, 3.8) is 0 Å². The van der Waals surface area contributed by atoms with Crippen LogP contribution in [0.5, 0.6) is 0 Å². The van der Waals surface area contributed by atoms with E-state index in [1.165, 1.54) is 23.1 Å². The van der Waals surface area contributed by atoms with Crippen molar-refractivity contribution in [1.82, 2.24) is 9.80 Å². The Morgan fingerprint density at radius 1 is 1.37 bits per heavy atom. The molecule has 0 radical (unpaired) electrons. The van der Waals surface area contributed by atoms with Crippen LogP contribution in [-0.4, -0.2) is 54.2 Å². The van der Waals surface area contributed by atoms with E-state index >= 15 is 0 Å². The standard InChI is InChI=1S/C16H26N2O/c1-13-4-5-14(2)15(10-13)11-18-7-6-16(12-18)17(3)8-9-19/h4-5,10,16,19H,6-9,11-12H2,1-3H3. The van der Waals surface area contributed by atoms with Crippen molar-refractivity contribution in [2.45, 2.75) is 32.9 Å². The van der Waals surface area contributed by atoms with Gasteiger partial charge in [0.15, 0.2) is 0 Å². The van der Waals surface area contributed by atoms with Crippen LogP contribution in [0.1, 0.15) is 23.1 Å². The minimum atomic E-state index is 0.254. The third kappa shape index (κ3) is 3.78. The minimum Gasteiger partial charge on any atom is -0.395 e. The third-order valence-corrected chi connectivity index (χ3v) is 4.22. The zero-order valence-electron chi connectivity index (χ0n) is 12.4. The number of hydrogen-bond acceptors (Lipinski definition) is 3. The number of aryl methyl sites for hydroxylation is 2. The van der Waals surface area contributed by atoms with E-state index < -0.39 is 0 Å². The summed E-state index contributed by atoms with van der Waals surface area (Å²) in [7, 11) is 2.11. The van der Waals surface area contributed by atoms with Crippen LogP contribution in [0, 0.1) is 13.8 Å². The van der Waals surface area contributed by atoms with Crippen LogP contribution in [0.3, 0.4) is 0 Å². The van der Waals surface area contributed by atoms with Gasteiger partial charge >= 0.3 is 0 Å². The first-order valence-electron chi connectivity index (χ1n) is 7.19. The van der Waals surface area contributed by atoms with Crippen LogP contribution in [0.15, 0.2) is 18.2 Å². The van der Waals surface area contributed by atoms with Crippen molar-refractivity contribution < 1.29 is 5.11 Å². The fraction of sp³-hybridized carbons (Fsp3) is 0.625. The van der Waals surface area contributed by atoms with Crippen LogP contribution in [0.4, 0.5) is 0 Å². The molecule has 0 bridgehead atoms. The molecule has 1 atom stereocenters. The van der Waals surface area contributed by atoms with Crippen LogP contribution in [0.25, 0.3) is 0 Å². The van der Waals surface area contributed by atoms with Crippen molar-refractivity contribution in [1.29, 1.82) is 0 Å². The molecule has 1 unspecified atom stereocenters. The number of aliphatic hydroxyl groups is 1. The van der Waals surface area contributed by atoms with Gasteiger partial charge in [-0.2, -0.15) is 0 Å². The zero-order chi connectivity index (χ0) is 13.8. The van der Waals surface area contributed by atoms with Gasteiger partial charge in [-0.05, 0) is 38.4 Å². The Morgan fingerprint density at radius 3 is 2.89 bits per heavy atom. The van der Waals surface area contributed by atoms with E-state index in [0.29, 0.717) is 6.04 Å². The topological polar surface area (TPSA) is 26.7 Å². The van der Waals surface area contributed by atoms with Crippen molar-refractivity contribution in [2.24, 2.45) is 0 Å². The summed E-state index contributed by atoms with van der Waals surface area (Å²) < 4.78 is 0. The van der Waals surface area contributed by atoms with E-state index in [0.717, 1.165) is 26.2 Å². The van der Waals surface area contributed by atoms with E-state index in [1.807, 2.05) is 0 Å². The van der Waals surface area contributed by atoms with Crippen molar-refractivity contribution in [3.8, 4) is 0 Å². The van der Waals surface area contributed by atoms with E-state index in [-0.39, 0.29) is 6.61 Å². The summed E-state index contributed by atoms with van der Waals surface area (Å²) in [5, 5.41) is 9.01. The molecule has 0 spiro atoms. The van der Waals surface area contributed by atoms with Crippen molar-refractivity contribution in [2.75, 3.05) is 33.3 Å². The average molecular weight is 262 g/mol. The Morgan fingerprint density at radius 2 is 2.16 bits per heavy atom. The smallest absolute Gasteiger partial charge is 0.0558 e. The fourth-order valence-corrected chi connectivity index (χ4v) is 2.87. The van der Waals surface area contributed by atoms with Crippen LogP contribution in [-0.2, 0) is 6.54 Å². The lowest BCUT2D eigenvalue weighted by Gasteiger charge is -2.24. The first-order valence-corrected chi connectivity index (χ1v) is 7.19. The second-order valence-electron chi connectivity index (χ2n) is 5.81. The molecule has 0 aliphatic carbocycles. The molecular weight excluding hydrogens is 236 g/mol. The molecule has 0 saturated carbocycles. The van der Waals surface area contributed by atoms with Gasteiger partial charge in [0.25, 0.3) is 0 Å². The van der Waals surface area contributed by atoms with Gasteiger partial charge < -0.3 is 5.11 Å². The molecular formula is C16H26N2O. The Bertz CT molecular complexity index is 419.